The summed E-state index contributed by atoms with van der Waals surface area (Å²) in [5, 5.41) is 10.5. The molecule has 0 spiro atoms. The van der Waals surface area contributed by atoms with Crippen LogP contribution in [0.2, 0.25) is 0 Å². The first-order valence-electron chi connectivity index (χ1n) is 5.31. The molecular formula is C14H15NO. The van der Waals surface area contributed by atoms with E-state index in [4.69, 9.17) is 0 Å². The van der Waals surface area contributed by atoms with Crippen LogP contribution in [0.25, 0.3) is 11.1 Å². The molecule has 0 heterocycles. The Labute approximate surface area is 95.7 Å². The average Bonchev–Trinajstić information content (AvgIpc) is 2.30. The van der Waals surface area contributed by atoms with E-state index in [1.54, 1.807) is 7.05 Å². The summed E-state index contributed by atoms with van der Waals surface area (Å²) in [5.41, 5.74) is 3.47. The molecule has 0 atom stereocenters. The molecule has 0 unspecified atom stereocenters. The van der Waals surface area contributed by atoms with E-state index in [1.807, 2.05) is 36.4 Å². The number of benzene rings is 2. The molecule has 0 aliphatic carbocycles. The van der Waals surface area contributed by atoms with E-state index in [-0.39, 0.29) is 0 Å². The van der Waals surface area contributed by atoms with Crippen molar-refractivity contribution in [3.8, 4) is 11.1 Å². The van der Waals surface area contributed by atoms with Gasteiger partial charge in [-0.25, -0.2) is 0 Å². The minimum atomic E-state index is 0.533. The summed E-state index contributed by atoms with van der Waals surface area (Å²) in [4.78, 5) is 0. The second-order valence-electron chi connectivity index (χ2n) is 3.84. The van der Waals surface area contributed by atoms with Crippen LogP contribution in [0.15, 0.2) is 54.6 Å². The Balaban J connectivity index is 2.41. The Hall–Kier alpha value is -1.64. The lowest BCUT2D eigenvalue weighted by Crippen LogP contribution is -2.12. The van der Waals surface area contributed by atoms with Crippen LogP contribution in [0.4, 0.5) is 0 Å². The van der Waals surface area contributed by atoms with Crippen LogP contribution in [0, 0.1) is 0 Å². The third-order valence-electron chi connectivity index (χ3n) is 2.50. The normalized spacial score (nSPS) is 10.7. The van der Waals surface area contributed by atoms with Crippen molar-refractivity contribution in [2.45, 2.75) is 6.54 Å². The van der Waals surface area contributed by atoms with Gasteiger partial charge in [-0.15, -0.1) is 0 Å². The molecule has 0 aliphatic rings. The van der Waals surface area contributed by atoms with Crippen molar-refractivity contribution in [3.63, 3.8) is 0 Å². The second kappa shape index (κ2) is 4.92. The lowest BCUT2D eigenvalue weighted by Gasteiger charge is -2.12. The van der Waals surface area contributed by atoms with Gasteiger partial charge in [-0.1, -0.05) is 54.6 Å². The quantitative estimate of drug-likeness (QED) is 0.791. The Morgan fingerprint density at radius 1 is 0.938 bits per heavy atom. The van der Waals surface area contributed by atoms with E-state index >= 15 is 0 Å². The molecule has 82 valence electrons. The summed E-state index contributed by atoms with van der Waals surface area (Å²) in [6, 6.07) is 18.3. The Morgan fingerprint density at radius 2 is 1.56 bits per heavy atom. The van der Waals surface area contributed by atoms with Crippen molar-refractivity contribution in [2.75, 3.05) is 7.05 Å². The van der Waals surface area contributed by atoms with E-state index in [0.29, 0.717) is 6.54 Å². The highest BCUT2D eigenvalue weighted by Gasteiger charge is 2.04. The van der Waals surface area contributed by atoms with Crippen LogP contribution in [-0.2, 0) is 6.54 Å². The minimum absolute atomic E-state index is 0.533. The van der Waals surface area contributed by atoms with Crippen molar-refractivity contribution in [1.29, 1.82) is 0 Å². The van der Waals surface area contributed by atoms with Crippen LogP contribution >= 0.6 is 0 Å². The summed E-state index contributed by atoms with van der Waals surface area (Å²) in [7, 11) is 1.65. The Bertz CT molecular complexity index is 451. The van der Waals surface area contributed by atoms with Crippen LogP contribution in [-0.4, -0.2) is 17.3 Å². The fourth-order valence-corrected chi connectivity index (χ4v) is 1.80. The number of rotatable bonds is 3. The lowest BCUT2D eigenvalue weighted by molar-refractivity contribution is -0.0730. The van der Waals surface area contributed by atoms with Crippen molar-refractivity contribution in [3.05, 3.63) is 60.2 Å². The molecule has 0 saturated heterocycles. The van der Waals surface area contributed by atoms with E-state index < -0.39 is 0 Å². The highest BCUT2D eigenvalue weighted by molar-refractivity contribution is 5.67. The van der Waals surface area contributed by atoms with Crippen LogP contribution < -0.4 is 0 Å². The van der Waals surface area contributed by atoms with Gasteiger partial charge in [-0.2, -0.15) is 5.06 Å². The Kier molecular flexibility index (Phi) is 3.34. The molecule has 2 aromatic carbocycles. The molecule has 0 bridgehead atoms. The van der Waals surface area contributed by atoms with Gasteiger partial charge in [0, 0.05) is 13.6 Å². The number of hydroxylamine groups is 2. The maximum absolute atomic E-state index is 9.31. The first-order chi connectivity index (χ1) is 7.77. The fourth-order valence-electron chi connectivity index (χ4n) is 1.80. The molecule has 0 aliphatic heterocycles. The summed E-state index contributed by atoms with van der Waals surface area (Å²) < 4.78 is 0. The summed E-state index contributed by atoms with van der Waals surface area (Å²) in [5.74, 6) is 0. The monoisotopic (exact) mass is 213 g/mol. The molecule has 2 heteroatoms. The zero-order valence-corrected chi connectivity index (χ0v) is 9.30. The topological polar surface area (TPSA) is 23.5 Å². The largest absolute Gasteiger partial charge is 0.314 e. The van der Waals surface area contributed by atoms with E-state index in [1.165, 1.54) is 16.2 Å². The average molecular weight is 213 g/mol. The molecular weight excluding hydrogens is 198 g/mol. The van der Waals surface area contributed by atoms with Gasteiger partial charge in [-0.3, -0.25) is 0 Å². The van der Waals surface area contributed by atoms with Crippen LogP contribution in [0.3, 0.4) is 0 Å². The van der Waals surface area contributed by atoms with Crippen molar-refractivity contribution in [1.82, 2.24) is 5.06 Å². The molecule has 2 rings (SSSR count). The number of hydrogen-bond donors (Lipinski definition) is 1. The summed E-state index contributed by atoms with van der Waals surface area (Å²) in [6.45, 7) is 0.533. The molecule has 1 N–H and O–H groups in total. The van der Waals surface area contributed by atoms with Gasteiger partial charge < -0.3 is 5.21 Å². The zero-order chi connectivity index (χ0) is 11.4. The molecule has 16 heavy (non-hydrogen) atoms. The molecule has 0 radical (unpaired) electrons. The highest BCUT2D eigenvalue weighted by Crippen LogP contribution is 2.23. The smallest absolute Gasteiger partial charge is 0.0491 e. The molecule has 0 amide bonds. The third-order valence-corrected chi connectivity index (χ3v) is 2.50. The lowest BCUT2D eigenvalue weighted by atomic mass is 10.00. The SMILES string of the molecule is CN(O)Cc1ccccc1-c1ccccc1. The van der Waals surface area contributed by atoms with Crippen LogP contribution in [0.1, 0.15) is 5.56 Å². The third kappa shape index (κ3) is 2.48. The standard InChI is InChI=1S/C14H15NO/c1-15(16)11-13-9-5-6-10-14(13)12-7-3-2-4-8-12/h2-10,16H,11H2,1H3. The summed E-state index contributed by atoms with van der Waals surface area (Å²) >= 11 is 0. The number of nitrogens with zero attached hydrogens (tertiary/aromatic N) is 1. The van der Waals surface area contributed by atoms with Crippen LogP contribution in [0.5, 0.6) is 0 Å². The molecule has 0 aromatic heterocycles. The predicted molar refractivity (Wildman–Crippen MR) is 65.1 cm³/mol. The maximum Gasteiger partial charge on any atom is 0.0491 e. The first-order valence-corrected chi connectivity index (χ1v) is 5.31. The zero-order valence-electron chi connectivity index (χ0n) is 9.30. The van der Waals surface area contributed by atoms with Gasteiger partial charge in [0.15, 0.2) is 0 Å². The fraction of sp³-hybridized carbons (Fsp3) is 0.143. The summed E-state index contributed by atoms with van der Waals surface area (Å²) in [6.07, 6.45) is 0. The van der Waals surface area contributed by atoms with Gasteiger partial charge in [0.05, 0.1) is 0 Å². The molecule has 2 nitrogen and oxygen atoms in total. The van der Waals surface area contributed by atoms with Crippen molar-refractivity contribution < 1.29 is 5.21 Å². The van der Waals surface area contributed by atoms with Crippen molar-refractivity contribution in [2.24, 2.45) is 0 Å². The first kappa shape index (κ1) is 10.9. The van der Waals surface area contributed by atoms with Gasteiger partial charge in [0.1, 0.15) is 0 Å². The predicted octanol–water partition coefficient (Wildman–Crippen LogP) is 3.17. The van der Waals surface area contributed by atoms with Crippen molar-refractivity contribution >= 4 is 0 Å². The van der Waals surface area contributed by atoms with E-state index in [2.05, 4.69) is 18.2 Å². The van der Waals surface area contributed by atoms with Gasteiger partial charge in [0.2, 0.25) is 0 Å². The maximum atomic E-state index is 9.31. The van der Waals surface area contributed by atoms with Gasteiger partial charge >= 0.3 is 0 Å². The van der Waals surface area contributed by atoms with E-state index in [9.17, 15) is 5.21 Å². The van der Waals surface area contributed by atoms with E-state index in [0.717, 1.165) is 5.56 Å². The highest BCUT2D eigenvalue weighted by atomic mass is 16.5. The Morgan fingerprint density at radius 3 is 2.25 bits per heavy atom. The van der Waals surface area contributed by atoms with Gasteiger partial charge in [0.25, 0.3) is 0 Å². The number of hydrogen-bond acceptors (Lipinski definition) is 2. The van der Waals surface area contributed by atoms with Gasteiger partial charge in [-0.05, 0) is 16.7 Å². The minimum Gasteiger partial charge on any atom is -0.314 e. The molecule has 0 fully saturated rings. The molecule has 2 aromatic rings. The second-order valence-corrected chi connectivity index (χ2v) is 3.84. The molecule has 0 saturated carbocycles.